The molecule has 150 valence electrons. The zero-order valence-corrected chi connectivity index (χ0v) is 17.1. The van der Waals surface area contributed by atoms with Crippen LogP contribution in [0.2, 0.25) is 0 Å². The highest BCUT2D eigenvalue weighted by Gasteiger charge is 2.10. The van der Waals surface area contributed by atoms with E-state index in [-0.39, 0.29) is 12.2 Å². The summed E-state index contributed by atoms with van der Waals surface area (Å²) < 4.78 is 5.32. The lowest BCUT2D eigenvalue weighted by atomic mass is 10.0. The summed E-state index contributed by atoms with van der Waals surface area (Å²) in [5.74, 6) is -0.813. The Kier molecular flexibility index (Phi) is 14.6. The van der Waals surface area contributed by atoms with E-state index in [2.05, 4.69) is 19.2 Å². The van der Waals surface area contributed by atoms with E-state index in [1.54, 1.807) is 19.1 Å². The maximum Gasteiger partial charge on any atom is 0.335 e. The molecule has 1 amide bonds. The number of carbonyl (C=O) groups excluding carboxylic acids is 2. The predicted octanol–water partition coefficient (Wildman–Crippen LogP) is 4.37. The van der Waals surface area contributed by atoms with Crippen molar-refractivity contribution in [2.75, 3.05) is 6.54 Å². The van der Waals surface area contributed by atoms with Gasteiger partial charge in [0.15, 0.2) is 6.23 Å². The maximum absolute atomic E-state index is 12.1. The van der Waals surface area contributed by atoms with Crippen LogP contribution < -0.4 is 11.1 Å². The standard InChI is InChI=1S/C21H38N2O3/c1-5-7-9-10-11-12-13-19(20(22)24)15-14-17(3)21(25)26-18(4)23-16-8-6-2/h14-15,18,23H,5-13,16H2,1-4H3,(H2,22,24)/b17-14+,19-15-. The molecule has 26 heavy (non-hydrogen) atoms. The van der Waals surface area contributed by atoms with Gasteiger partial charge < -0.3 is 10.5 Å². The van der Waals surface area contributed by atoms with Gasteiger partial charge >= 0.3 is 5.97 Å². The summed E-state index contributed by atoms with van der Waals surface area (Å²) in [6.45, 7) is 8.61. The quantitative estimate of drug-likeness (QED) is 0.148. The molecular weight excluding hydrogens is 328 g/mol. The molecule has 0 spiro atoms. The fourth-order valence-corrected chi connectivity index (χ4v) is 2.46. The molecule has 5 heteroatoms. The van der Waals surface area contributed by atoms with Gasteiger partial charge in [0, 0.05) is 11.1 Å². The maximum atomic E-state index is 12.1. The van der Waals surface area contributed by atoms with Crippen molar-refractivity contribution in [3.63, 3.8) is 0 Å². The van der Waals surface area contributed by atoms with Crippen molar-refractivity contribution in [1.82, 2.24) is 5.32 Å². The van der Waals surface area contributed by atoms with Crippen molar-refractivity contribution < 1.29 is 14.3 Å². The van der Waals surface area contributed by atoms with Gasteiger partial charge in [0.05, 0.1) is 0 Å². The van der Waals surface area contributed by atoms with E-state index in [0.717, 1.165) is 32.2 Å². The first-order valence-electron chi connectivity index (χ1n) is 10.0. The Balaban J connectivity index is 4.44. The zero-order chi connectivity index (χ0) is 19.8. The summed E-state index contributed by atoms with van der Waals surface area (Å²) in [7, 11) is 0. The van der Waals surface area contributed by atoms with Crippen LogP contribution in [0, 0.1) is 0 Å². The van der Waals surface area contributed by atoms with Crippen LogP contribution in [-0.4, -0.2) is 24.6 Å². The summed E-state index contributed by atoms with van der Waals surface area (Å²) in [5, 5.41) is 3.14. The van der Waals surface area contributed by atoms with Crippen LogP contribution in [-0.2, 0) is 14.3 Å². The second kappa shape index (κ2) is 15.6. The largest absolute Gasteiger partial charge is 0.444 e. The number of carbonyl (C=O) groups is 2. The molecule has 0 fully saturated rings. The number of nitrogens with two attached hydrogens (primary N) is 1. The minimum absolute atomic E-state index is 0.333. The number of allylic oxidation sites excluding steroid dienone is 2. The number of hydrogen-bond donors (Lipinski definition) is 2. The van der Waals surface area contributed by atoms with E-state index in [1.807, 2.05) is 6.92 Å². The molecule has 0 aromatic rings. The fourth-order valence-electron chi connectivity index (χ4n) is 2.46. The van der Waals surface area contributed by atoms with Gasteiger partial charge in [-0.2, -0.15) is 0 Å². The van der Waals surface area contributed by atoms with Crippen molar-refractivity contribution in [1.29, 1.82) is 0 Å². The molecule has 5 nitrogen and oxygen atoms in total. The van der Waals surface area contributed by atoms with Crippen molar-refractivity contribution in [2.24, 2.45) is 5.73 Å². The summed E-state index contributed by atoms with van der Waals surface area (Å²) >= 11 is 0. The highest BCUT2D eigenvalue weighted by Crippen LogP contribution is 2.12. The molecule has 0 aliphatic heterocycles. The molecule has 1 unspecified atom stereocenters. The Hall–Kier alpha value is -1.62. The molecule has 1 atom stereocenters. The topological polar surface area (TPSA) is 81.4 Å². The van der Waals surface area contributed by atoms with Crippen molar-refractivity contribution in [2.45, 2.75) is 91.7 Å². The van der Waals surface area contributed by atoms with Crippen LogP contribution in [0.4, 0.5) is 0 Å². The van der Waals surface area contributed by atoms with Gasteiger partial charge in [-0.15, -0.1) is 0 Å². The molecule has 0 aromatic carbocycles. The van der Waals surface area contributed by atoms with Gasteiger partial charge in [-0.25, -0.2) is 4.79 Å². The third kappa shape index (κ3) is 12.7. The van der Waals surface area contributed by atoms with Crippen LogP contribution in [0.1, 0.15) is 85.5 Å². The van der Waals surface area contributed by atoms with Gasteiger partial charge in [-0.1, -0.05) is 64.5 Å². The van der Waals surface area contributed by atoms with Crippen molar-refractivity contribution >= 4 is 11.9 Å². The van der Waals surface area contributed by atoms with Crippen LogP contribution >= 0.6 is 0 Å². The summed E-state index contributed by atoms with van der Waals surface area (Å²) in [6.07, 6.45) is 12.7. The first kappa shape index (κ1) is 24.4. The van der Waals surface area contributed by atoms with Crippen LogP contribution in [0.15, 0.2) is 23.3 Å². The molecule has 0 aromatic heterocycles. The lowest BCUT2D eigenvalue weighted by Gasteiger charge is -2.14. The lowest BCUT2D eigenvalue weighted by Crippen LogP contribution is -2.32. The van der Waals surface area contributed by atoms with Crippen LogP contribution in [0.5, 0.6) is 0 Å². The number of primary amides is 1. The van der Waals surface area contributed by atoms with Gasteiger partial charge in [0.2, 0.25) is 5.91 Å². The predicted molar refractivity (Wildman–Crippen MR) is 107 cm³/mol. The normalized spacial score (nSPS) is 13.5. The van der Waals surface area contributed by atoms with Gasteiger partial charge in [0.1, 0.15) is 0 Å². The molecule has 0 radical (unpaired) electrons. The second-order valence-electron chi connectivity index (χ2n) is 6.78. The number of unbranched alkanes of at least 4 members (excludes halogenated alkanes) is 6. The third-order valence-corrected chi connectivity index (χ3v) is 4.22. The summed E-state index contributed by atoms with van der Waals surface area (Å²) in [6, 6.07) is 0. The van der Waals surface area contributed by atoms with Crippen molar-refractivity contribution in [3.8, 4) is 0 Å². The third-order valence-electron chi connectivity index (χ3n) is 4.22. The first-order chi connectivity index (χ1) is 12.4. The fraction of sp³-hybridized carbons (Fsp3) is 0.714. The molecule has 0 aliphatic rings. The number of ether oxygens (including phenoxy) is 1. The van der Waals surface area contributed by atoms with Crippen LogP contribution in [0.25, 0.3) is 0 Å². The Bertz CT molecular complexity index is 470. The Labute approximate surface area is 159 Å². The minimum Gasteiger partial charge on any atom is -0.444 e. The van der Waals surface area contributed by atoms with Gasteiger partial charge in [-0.3, -0.25) is 10.1 Å². The van der Waals surface area contributed by atoms with Gasteiger partial charge in [0.25, 0.3) is 0 Å². The highest BCUT2D eigenvalue weighted by molar-refractivity contribution is 5.93. The first-order valence-corrected chi connectivity index (χ1v) is 10.0. The monoisotopic (exact) mass is 366 g/mol. The molecule has 0 saturated heterocycles. The summed E-state index contributed by atoms with van der Waals surface area (Å²) in [4.78, 5) is 23.6. The lowest BCUT2D eigenvalue weighted by molar-refractivity contribution is -0.144. The van der Waals surface area contributed by atoms with E-state index in [9.17, 15) is 9.59 Å². The zero-order valence-electron chi connectivity index (χ0n) is 17.1. The molecule has 0 heterocycles. The van der Waals surface area contributed by atoms with Crippen LogP contribution in [0.3, 0.4) is 0 Å². The number of nitrogens with one attached hydrogen (secondary N) is 1. The minimum atomic E-state index is -0.425. The average Bonchev–Trinajstić information content (AvgIpc) is 2.59. The number of hydrogen-bond acceptors (Lipinski definition) is 4. The van der Waals surface area contributed by atoms with Crippen molar-refractivity contribution in [3.05, 3.63) is 23.3 Å². The SMILES string of the molecule is CCCCCCCC/C(=C/C=C(\C)C(=O)OC(C)NCCCC)C(N)=O. The second-order valence-corrected chi connectivity index (χ2v) is 6.78. The Morgan fingerprint density at radius 1 is 1.00 bits per heavy atom. The van der Waals surface area contributed by atoms with E-state index in [1.165, 1.54) is 25.7 Å². The smallest absolute Gasteiger partial charge is 0.335 e. The average molecular weight is 367 g/mol. The molecule has 0 saturated carbocycles. The number of rotatable bonds is 15. The van der Waals surface area contributed by atoms with Gasteiger partial charge in [-0.05, 0) is 39.7 Å². The Morgan fingerprint density at radius 2 is 1.62 bits per heavy atom. The van der Waals surface area contributed by atoms with E-state index in [0.29, 0.717) is 17.6 Å². The summed E-state index contributed by atoms with van der Waals surface area (Å²) in [5.41, 5.74) is 6.46. The highest BCUT2D eigenvalue weighted by atomic mass is 16.6. The van der Waals surface area contributed by atoms with E-state index in [4.69, 9.17) is 10.5 Å². The van der Waals surface area contributed by atoms with E-state index < -0.39 is 5.91 Å². The molecule has 0 aliphatic carbocycles. The Morgan fingerprint density at radius 3 is 2.23 bits per heavy atom. The number of amides is 1. The molecule has 3 N–H and O–H groups in total. The molecule has 0 rings (SSSR count). The molecule has 0 bridgehead atoms. The molecular formula is C21H38N2O3. The van der Waals surface area contributed by atoms with E-state index >= 15 is 0 Å². The number of esters is 1.